The Bertz CT molecular complexity index is 1130. The molecule has 0 saturated heterocycles. The summed E-state index contributed by atoms with van der Waals surface area (Å²) in [4.78, 5) is 15.3. The third kappa shape index (κ3) is 5.62. The van der Waals surface area contributed by atoms with Gasteiger partial charge in [0.15, 0.2) is 21.3 Å². The lowest BCUT2D eigenvalue weighted by molar-refractivity contribution is 0.0982. The Morgan fingerprint density at radius 2 is 1.64 bits per heavy atom. The first-order valence-corrected chi connectivity index (χ1v) is 12.9. The number of carbonyl (C=O) groups excluding carboxylic acids is 1. The average Bonchev–Trinajstić information content (AvgIpc) is 3.12. The van der Waals surface area contributed by atoms with E-state index in [9.17, 15) is 13.2 Å². The number of hydrogen-bond donors (Lipinski definition) is 0. The van der Waals surface area contributed by atoms with E-state index in [4.69, 9.17) is 25.8 Å². The molecule has 9 heteroatoms. The van der Waals surface area contributed by atoms with Crippen LogP contribution in [0.15, 0.2) is 41.8 Å². The van der Waals surface area contributed by atoms with Gasteiger partial charge in [0.05, 0.1) is 31.6 Å². The molecule has 0 unspecified atom stereocenters. The second-order valence-electron chi connectivity index (χ2n) is 7.43. The highest BCUT2D eigenvalue weighted by Gasteiger charge is 2.33. The van der Waals surface area contributed by atoms with Crippen molar-refractivity contribution in [2.75, 3.05) is 30.5 Å². The van der Waals surface area contributed by atoms with E-state index in [1.807, 2.05) is 27.7 Å². The van der Waals surface area contributed by atoms with E-state index in [2.05, 4.69) is 0 Å². The number of carbonyl (C=O) groups is 1. The van der Waals surface area contributed by atoms with Crippen LogP contribution in [-0.4, -0.2) is 45.9 Å². The lowest BCUT2D eigenvalue weighted by atomic mass is 10.1. The van der Waals surface area contributed by atoms with Crippen molar-refractivity contribution >= 4 is 33.0 Å². The van der Waals surface area contributed by atoms with Gasteiger partial charge in [-0.15, -0.1) is 0 Å². The number of amides is 1. The van der Waals surface area contributed by atoms with Gasteiger partial charge < -0.3 is 19.1 Å². The smallest absolute Gasteiger partial charge is 0.259 e. The molecule has 1 heterocycles. The number of anilines is 1. The van der Waals surface area contributed by atoms with Crippen LogP contribution in [-0.2, 0) is 9.84 Å². The highest BCUT2D eigenvalue weighted by Crippen LogP contribution is 2.40. The first-order chi connectivity index (χ1) is 15.7. The molecule has 1 amide bonds. The molecule has 3 rings (SSSR count). The standard InChI is InChI=1S/C24H28ClNO6S/c1-5-30-21-12-17(13-22(31-6-2)23(21)32-7-3)24(27)26(19-10-11-33(28,29)15-19)18-9-8-16(4)20(25)14-18/h8-14,19H,5-7,15H2,1-4H3/t19-/m0/s1. The molecule has 0 saturated carbocycles. The fourth-order valence-corrected chi connectivity index (χ4v) is 5.01. The lowest BCUT2D eigenvalue weighted by Crippen LogP contribution is -2.41. The zero-order valence-electron chi connectivity index (χ0n) is 19.1. The predicted molar refractivity (Wildman–Crippen MR) is 130 cm³/mol. The molecule has 0 N–H and O–H groups in total. The number of hydrogen-bond acceptors (Lipinski definition) is 6. The molecule has 1 aliphatic rings. The third-order valence-corrected chi connectivity index (χ3v) is 6.84. The Morgan fingerprint density at radius 1 is 1.03 bits per heavy atom. The molecule has 1 atom stereocenters. The molecule has 0 bridgehead atoms. The zero-order chi connectivity index (χ0) is 24.2. The molecule has 0 spiro atoms. The Labute approximate surface area is 199 Å². The number of halogens is 1. The molecule has 178 valence electrons. The number of benzene rings is 2. The average molecular weight is 494 g/mol. The van der Waals surface area contributed by atoms with E-state index in [1.165, 1.54) is 11.0 Å². The molecular weight excluding hydrogens is 466 g/mol. The number of nitrogens with zero attached hydrogens (tertiary/aromatic N) is 1. The van der Waals surface area contributed by atoms with Crippen LogP contribution in [0.4, 0.5) is 5.69 Å². The van der Waals surface area contributed by atoms with Gasteiger partial charge in [0.2, 0.25) is 5.75 Å². The fourth-order valence-electron chi connectivity index (χ4n) is 3.56. The molecule has 0 aliphatic carbocycles. The molecule has 0 radical (unpaired) electrons. The van der Waals surface area contributed by atoms with E-state index >= 15 is 0 Å². The van der Waals surface area contributed by atoms with Gasteiger partial charge in [0, 0.05) is 21.7 Å². The van der Waals surface area contributed by atoms with E-state index < -0.39 is 21.8 Å². The van der Waals surface area contributed by atoms with E-state index in [-0.39, 0.29) is 11.3 Å². The van der Waals surface area contributed by atoms with Gasteiger partial charge in [0.25, 0.3) is 5.91 Å². The number of aryl methyl sites for hydroxylation is 1. The highest BCUT2D eigenvalue weighted by atomic mass is 35.5. The molecule has 2 aromatic rings. The minimum atomic E-state index is -3.41. The lowest BCUT2D eigenvalue weighted by Gasteiger charge is -2.29. The molecule has 33 heavy (non-hydrogen) atoms. The van der Waals surface area contributed by atoms with Gasteiger partial charge in [-0.25, -0.2) is 8.42 Å². The van der Waals surface area contributed by atoms with Gasteiger partial charge in [-0.1, -0.05) is 17.7 Å². The number of ether oxygens (including phenoxy) is 3. The quantitative estimate of drug-likeness (QED) is 0.499. The van der Waals surface area contributed by atoms with Crippen LogP contribution in [0, 0.1) is 6.92 Å². The van der Waals surface area contributed by atoms with E-state index in [0.29, 0.717) is 47.8 Å². The summed E-state index contributed by atoms with van der Waals surface area (Å²) >= 11 is 6.33. The van der Waals surface area contributed by atoms with Crippen LogP contribution < -0.4 is 19.1 Å². The van der Waals surface area contributed by atoms with Crippen molar-refractivity contribution < 1.29 is 27.4 Å². The Morgan fingerprint density at radius 3 is 2.12 bits per heavy atom. The summed E-state index contributed by atoms with van der Waals surface area (Å²) in [5.74, 6) is 0.561. The van der Waals surface area contributed by atoms with Crippen LogP contribution >= 0.6 is 11.6 Å². The van der Waals surface area contributed by atoms with Crippen molar-refractivity contribution in [3.63, 3.8) is 0 Å². The highest BCUT2D eigenvalue weighted by molar-refractivity contribution is 7.94. The van der Waals surface area contributed by atoms with Crippen LogP contribution in [0.25, 0.3) is 0 Å². The van der Waals surface area contributed by atoms with Crippen molar-refractivity contribution in [1.82, 2.24) is 0 Å². The Kier molecular flexibility index (Phi) is 7.92. The van der Waals surface area contributed by atoms with E-state index in [0.717, 1.165) is 11.0 Å². The monoisotopic (exact) mass is 493 g/mol. The molecule has 7 nitrogen and oxygen atoms in total. The Balaban J connectivity index is 2.13. The summed E-state index contributed by atoms with van der Waals surface area (Å²) in [6.45, 7) is 8.49. The molecule has 1 aliphatic heterocycles. The minimum absolute atomic E-state index is 0.210. The van der Waals surface area contributed by atoms with Crippen LogP contribution in [0.5, 0.6) is 17.2 Å². The van der Waals surface area contributed by atoms with E-state index in [1.54, 1.807) is 30.3 Å². The maximum absolute atomic E-state index is 13.8. The number of rotatable bonds is 9. The second-order valence-corrected chi connectivity index (χ2v) is 9.77. The summed E-state index contributed by atoms with van der Waals surface area (Å²) in [5, 5.41) is 1.62. The largest absolute Gasteiger partial charge is 0.490 e. The molecular formula is C24H28ClNO6S. The Hall–Kier alpha value is -2.71. The van der Waals surface area contributed by atoms with Crippen LogP contribution in [0.1, 0.15) is 36.7 Å². The second kappa shape index (κ2) is 10.5. The predicted octanol–water partition coefficient (Wildman–Crippen LogP) is 4.80. The summed E-state index contributed by atoms with van der Waals surface area (Å²) in [5.41, 5.74) is 1.62. The van der Waals surface area contributed by atoms with Gasteiger partial charge in [0.1, 0.15) is 0 Å². The number of sulfone groups is 1. The normalized spacial score (nSPS) is 16.5. The van der Waals surface area contributed by atoms with Crippen LogP contribution in [0.3, 0.4) is 0 Å². The molecule has 0 fully saturated rings. The van der Waals surface area contributed by atoms with Crippen molar-refractivity contribution in [1.29, 1.82) is 0 Å². The minimum Gasteiger partial charge on any atom is -0.490 e. The van der Waals surface area contributed by atoms with Gasteiger partial charge in [-0.2, -0.15) is 0 Å². The van der Waals surface area contributed by atoms with Gasteiger partial charge in [-0.3, -0.25) is 4.79 Å². The summed E-state index contributed by atoms with van der Waals surface area (Å²) in [6.07, 6.45) is 1.52. The maximum atomic E-state index is 13.8. The summed E-state index contributed by atoms with van der Waals surface area (Å²) in [6, 6.07) is 7.71. The topological polar surface area (TPSA) is 82.1 Å². The SMILES string of the molecule is CCOc1cc(C(=O)N(c2ccc(C)c(Cl)c2)[C@H]2C=CS(=O)(=O)C2)cc(OCC)c1OCC. The first-order valence-electron chi connectivity index (χ1n) is 10.8. The van der Waals surface area contributed by atoms with Crippen molar-refractivity contribution in [2.45, 2.75) is 33.7 Å². The summed E-state index contributed by atoms with van der Waals surface area (Å²) in [7, 11) is -3.41. The van der Waals surface area contributed by atoms with Gasteiger partial charge >= 0.3 is 0 Å². The van der Waals surface area contributed by atoms with Crippen molar-refractivity contribution in [2.24, 2.45) is 0 Å². The molecule has 0 aromatic heterocycles. The van der Waals surface area contributed by atoms with Crippen LogP contribution in [0.2, 0.25) is 5.02 Å². The van der Waals surface area contributed by atoms with Gasteiger partial charge in [-0.05, 0) is 63.6 Å². The van der Waals surface area contributed by atoms with Crippen molar-refractivity contribution in [3.05, 3.63) is 58.0 Å². The third-order valence-electron chi connectivity index (χ3n) is 5.05. The fraction of sp³-hybridized carbons (Fsp3) is 0.375. The zero-order valence-corrected chi connectivity index (χ0v) is 20.7. The summed E-state index contributed by atoms with van der Waals surface area (Å²) < 4.78 is 41.5. The molecule has 2 aromatic carbocycles. The maximum Gasteiger partial charge on any atom is 0.259 e. The first kappa shape index (κ1) is 24.9. The van der Waals surface area contributed by atoms with Crippen molar-refractivity contribution in [3.8, 4) is 17.2 Å².